The van der Waals surface area contributed by atoms with E-state index in [2.05, 4.69) is 9.97 Å². The van der Waals surface area contributed by atoms with Crippen molar-refractivity contribution in [2.45, 2.75) is 25.7 Å². The highest BCUT2D eigenvalue weighted by atomic mass is 35.5. The van der Waals surface area contributed by atoms with Crippen molar-refractivity contribution in [3.8, 4) is 22.9 Å². The molecule has 1 aliphatic carbocycles. The maximum absolute atomic E-state index is 6.31. The number of halogens is 1. The maximum atomic E-state index is 6.31. The standard InChI is InChI=1S/C15H13ClN2O2/c16-14-10-3-1-2-4-11(10)17-15(18-14)9-5-6-12-13(7-9)20-8-19-12/h5-7H,1-4,8H2. The maximum Gasteiger partial charge on any atom is 0.231 e. The lowest BCUT2D eigenvalue weighted by Gasteiger charge is -2.16. The first-order chi connectivity index (χ1) is 9.81. The summed E-state index contributed by atoms with van der Waals surface area (Å²) in [7, 11) is 0. The average molecular weight is 289 g/mol. The number of hydrogen-bond donors (Lipinski definition) is 0. The lowest BCUT2D eigenvalue weighted by atomic mass is 9.97. The molecule has 102 valence electrons. The van der Waals surface area contributed by atoms with Crippen LogP contribution in [0.5, 0.6) is 11.5 Å². The molecule has 1 aromatic heterocycles. The third kappa shape index (κ3) is 1.91. The van der Waals surface area contributed by atoms with Gasteiger partial charge in [-0.1, -0.05) is 11.6 Å². The first kappa shape index (κ1) is 12.0. The normalized spacial score (nSPS) is 16.1. The average Bonchev–Trinajstić information content (AvgIpc) is 2.94. The molecule has 0 N–H and O–H groups in total. The van der Waals surface area contributed by atoms with Crippen LogP contribution in [0.3, 0.4) is 0 Å². The van der Waals surface area contributed by atoms with Crippen molar-refractivity contribution < 1.29 is 9.47 Å². The summed E-state index contributed by atoms with van der Waals surface area (Å²) in [5.41, 5.74) is 3.11. The molecule has 0 amide bonds. The molecule has 0 spiro atoms. The summed E-state index contributed by atoms with van der Waals surface area (Å²) < 4.78 is 10.7. The lowest BCUT2D eigenvalue weighted by Crippen LogP contribution is -2.08. The molecule has 1 aliphatic heterocycles. The van der Waals surface area contributed by atoms with Crippen molar-refractivity contribution >= 4 is 11.6 Å². The van der Waals surface area contributed by atoms with Gasteiger partial charge in [0.2, 0.25) is 6.79 Å². The molecule has 0 fully saturated rings. The Morgan fingerprint density at radius 3 is 2.80 bits per heavy atom. The van der Waals surface area contributed by atoms with Gasteiger partial charge in [-0.05, 0) is 43.9 Å². The van der Waals surface area contributed by atoms with Crippen LogP contribution in [0.4, 0.5) is 0 Å². The van der Waals surface area contributed by atoms with Crippen molar-refractivity contribution in [2.75, 3.05) is 6.79 Å². The van der Waals surface area contributed by atoms with Gasteiger partial charge in [0.05, 0.1) is 0 Å². The number of aromatic nitrogens is 2. The summed E-state index contributed by atoms with van der Waals surface area (Å²) in [6.45, 7) is 0.268. The molecule has 2 heterocycles. The van der Waals surface area contributed by atoms with Crippen LogP contribution in [0.1, 0.15) is 24.1 Å². The Hall–Kier alpha value is -1.81. The van der Waals surface area contributed by atoms with Gasteiger partial charge in [-0.3, -0.25) is 0 Å². The number of ether oxygens (including phenoxy) is 2. The molecule has 0 atom stereocenters. The van der Waals surface area contributed by atoms with E-state index in [-0.39, 0.29) is 6.79 Å². The minimum absolute atomic E-state index is 0.268. The lowest BCUT2D eigenvalue weighted by molar-refractivity contribution is 0.174. The summed E-state index contributed by atoms with van der Waals surface area (Å²) >= 11 is 6.31. The Morgan fingerprint density at radius 2 is 1.85 bits per heavy atom. The van der Waals surface area contributed by atoms with E-state index >= 15 is 0 Å². The zero-order chi connectivity index (χ0) is 13.5. The monoisotopic (exact) mass is 288 g/mol. The fourth-order valence-corrected chi connectivity index (χ4v) is 3.00. The molecule has 20 heavy (non-hydrogen) atoms. The largest absolute Gasteiger partial charge is 0.454 e. The van der Waals surface area contributed by atoms with Gasteiger partial charge < -0.3 is 9.47 Å². The van der Waals surface area contributed by atoms with Crippen LogP contribution in [0.25, 0.3) is 11.4 Å². The highest BCUT2D eigenvalue weighted by Crippen LogP contribution is 2.36. The van der Waals surface area contributed by atoms with Gasteiger partial charge in [0, 0.05) is 16.8 Å². The summed E-state index contributed by atoms with van der Waals surface area (Å²) in [6.07, 6.45) is 4.30. The number of nitrogens with zero attached hydrogens (tertiary/aromatic N) is 2. The number of rotatable bonds is 1. The third-order valence-electron chi connectivity index (χ3n) is 3.76. The second kappa shape index (κ2) is 4.63. The van der Waals surface area contributed by atoms with Crippen LogP contribution in [-0.4, -0.2) is 16.8 Å². The summed E-state index contributed by atoms with van der Waals surface area (Å²) in [6, 6.07) is 5.73. The molecular weight excluding hydrogens is 276 g/mol. The molecule has 5 heteroatoms. The first-order valence-electron chi connectivity index (χ1n) is 6.76. The van der Waals surface area contributed by atoms with Crippen LogP contribution in [0.15, 0.2) is 18.2 Å². The predicted octanol–water partition coefficient (Wildman–Crippen LogP) is 3.40. The quantitative estimate of drug-likeness (QED) is 0.754. The van der Waals surface area contributed by atoms with Crippen LogP contribution in [-0.2, 0) is 12.8 Å². The Balaban J connectivity index is 1.80. The molecule has 0 radical (unpaired) electrons. The fourth-order valence-electron chi connectivity index (χ4n) is 2.71. The van der Waals surface area contributed by atoms with Gasteiger partial charge in [-0.2, -0.15) is 0 Å². The smallest absolute Gasteiger partial charge is 0.231 e. The van der Waals surface area contributed by atoms with Gasteiger partial charge >= 0.3 is 0 Å². The topological polar surface area (TPSA) is 44.2 Å². The molecule has 4 nitrogen and oxygen atoms in total. The minimum atomic E-state index is 0.268. The number of hydrogen-bond acceptors (Lipinski definition) is 4. The fraction of sp³-hybridized carbons (Fsp3) is 0.333. The SMILES string of the molecule is Clc1nc(-c2ccc3c(c2)OCO3)nc2c1CCCC2. The van der Waals surface area contributed by atoms with Crippen LogP contribution < -0.4 is 9.47 Å². The Morgan fingerprint density at radius 1 is 1.00 bits per heavy atom. The van der Waals surface area contributed by atoms with Gasteiger partial charge in [0.25, 0.3) is 0 Å². The minimum Gasteiger partial charge on any atom is -0.454 e. The van der Waals surface area contributed by atoms with Gasteiger partial charge in [-0.25, -0.2) is 9.97 Å². The van der Waals surface area contributed by atoms with E-state index in [0.717, 1.165) is 41.2 Å². The van der Waals surface area contributed by atoms with Crippen LogP contribution in [0.2, 0.25) is 5.15 Å². The van der Waals surface area contributed by atoms with E-state index in [1.165, 1.54) is 12.8 Å². The molecule has 2 aromatic rings. The molecular formula is C15H13ClN2O2. The Kier molecular flexibility index (Phi) is 2.77. The van der Waals surface area contributed by atoms with Crippen LogP contribution >= 0.6 is 11.6 Å². The third-order valence-corrected chi connectivity index (χ3v) is 4.08. The van der Waals surface area contributed by atoms with Gasteiger partial charge in [-0.15, -0.1) is 0 Å². The zero-order valence-corrected chi connectivity index (χ0v) is 11.6. The van der Waals surface area contributed by atoms with Crippen molar-refractivity contribution in [3.63, 3.8) is 0 Å². The first-order valence-corrected chi connectivity index (χ1v) is 7.14. The molecule has 0 unspecified atom stereocenters. The van der Waals surface area contributed by atoms with E-state index in [9.17, 15) is 0 Å². The number of aryl methyl sites for hydroxylation is 1. The summed E-state index contributed by atoms with van der Waals surface area (Å²) in [5.74, 6) is 2.16. The van der Waals surface area contributed by atoms with Crippen molar-refractivity contribution in [3.05, 3.63) is 34.6 Å². The molecule has 0 saturated carbocycles. The summed E-state index contributed by atoms with van der Waals surface area (Å²) in [5, 5.41) is 0.586. The molecule has 4 rings (SSSR count). The highest BCUT2D eigenvalue weighted by Gasteiger charge is 2.19. The van der Waals surface area contributed by atoms with E-state index in [4.69, 9.17) is 21.1 Å². The van der Waals surface area contributed by atoms with E-state index in [1.807, 2.05) is 18.2 Å². The molecule has 2 aliphatic rings. The van der Waals surface area contributed by atoms with Gasteiger partial charge in [0.1, 0.15) is 5.15 Å². The van der Waals surface area contributed by atoms with E-state index < -0.39 is 0 Å². The Bertz CT molecular complexity index is 688. The van der Waals surface area contributed by atoms with E-state index in [0.29, 0.717) is 11.0 Å². The van der Waals surface area contributed by atoms with Crippen LogP contribution in [0, 0.1) is 0 Å². The second-order valence-electron chi connectivity index (χ2n) is 5.04. The number of fused-ring (bicyclic) bond motifs is 2. The molecule has 0 bridgehead atoms. The summed E-state index contributed by atoms with van der Waals surface area (Å²) in [4.78, 5) is 9.12. The second-order valence-corrected chi connectivity index (χ2v) is 5.40. The van der Waals surface area contributed by atoms with Crippen molar-refractivity contribution in [1.29, 1.82) is 0 Å². The van der Waals surface area contributed by atoms with Gasteiger partial charge in [0.15, 0.2) is 17.3 Å². The van der Waals surface area contributed by atoms with Crippen molar-refractivity contribution in [2.24, 2.45) is 0 Å². The zero-order valence-electron chi connectivity index (χ0n) is 10.9. The highest BCUT2D eigenvalue weighted by molar-refractivity contribution is 6.30. The predicted molar refractivity (Wildman–Crippen MR) is 75.2 cm³/mol. The molecule has 1 aromatic carbocycles. The molecule has 0 saturated heterocycles. The van der Waals surface area contributed by atoms with Crippen molar-refractivity contribution in [1.82, 2.24) is 9.97 Å². The number of benzene rings is 1. The van der Waals surface area contributed by atoms with E-state index in [1.54, 1.807) is 0 Å². The Labute approximate surface area is 121 Å².